The minimum absolute atomic E-state index is 0.00187. The average Bonchev–Trinajstić information content (AvgIpc) is 2.73. The van der Waals surface area contributed by atoms with Gasteiger partial charge in [0.05, 0.1) is 18.1 Å². The summed E-state index contributed by atoms with van der Waals surface area (Å²) >= 11 is 0. The smallest absolute Gasteiger partial charge is 0.338 e. The Morgan fingerprint density at radius 2 is 1.88 bits per heavy atom. The molecular weight excluding hydrogens is 425 g/mol. The molecule has 1 aliphatic rings. The lowest BCUT2D eigenvalue weighted by molar-refractivity contribution is -0.139. The molecule has 6 nitrogen and oxygen atoms in total. The molecule has 0 spiro atoms. The highest BCUT2D eigenvalue weighted by Crippen LogP contribution is 2.43. The maximum absolute atomic E-state index is 14.0. The average molecular weight is 444 g/mol. The number of halogens is 3. The van der Waals surface area contributed by atoms with Crippen LogP contribution in [-0.4, -0.2) is 12.6 Å². The van der Waals surface area contributed by atoms with E-state index in [1.54, 1.807) is 6.92 Å². The number of carbonyl (C=O) groups excluding carboxylic acids is 1. The molecule has 2 N–H and O–H groups in total. The number of esters is 1. The molecule has 166 valence electrons. The fourth-order valence-electron chi connectivity index (χ4n) is 3.33. The van der Waals surface area contributed by atoms with Crippen LogP contribution in [0.25, 0.3) is 0 Å². The second kappa shape index (κ2) is 9.47. The summed E-state index contributed by atoms with van der Waals surface area (Å²) in [4.78, 5) is 12.7. The lowest BCUT2D eigenvalue weighted by atomic mass is 9.82. The zero-order chi connectivity index (χ0) is 23.4. The zero-order valence-electron chi connectivity index (χ0n) is 17.2. The maximum Gasteiger partial charge on any atom is 0.338 e. The van der Waals surface area contributed by atoms with E-state index < -0.39 is 29.3 Å². The van der Waals surface area contributed by atoms with Crippen molar-refractivity contribution in [3.8, 4) is 11.8 Å². The maximum atomic E-state index is 14.0. The summed E-state index contributed by atoms with van der Waals surface area (Å²) in [5.74, 6) is -4.22. The van der Waals surface area contributed by atoms with Crippen molar-refractivity contribution in [2.75, 3.05) is 6.61 Å². The van der Waals surface area contributed by atoms with Crippen molar-refractivity contribution in [2.45, 2.75) is 26.4 Å². The van der Waals surface area contributed by atoms with Crippen LogP contribution in [0.2, 0.25) is 0 Å². The van der Waals surface area contributed by atoms with Gasteiger partial charge in [0.25, 0.3) is 0 Å². The Hall–Kier alpha value is -3.93. The second-order valence-electron chi connectivity index (χ2n) is 6.82. The zero-order valence-corrected chi connectivity index (χ0v) is 17.2. The third kappa shape index (κ3) is 4.54. The summed E-state index contributed by atoms with van der Waals surface area (Å²) in [6.45, 7) is 2.81. The van der Waals surface area contributed by atoms with E-state index in [0.29, 0.717) is 6.07 Å². The van der Waals surface area contributed by atoms with Gasteiger partial charge in [-0.3, -0.25) is 0 Å². The fraction of sp³-hybridized carbons (Fsp3) is 0.217. The Kier molecular flexibility index (Phi) is 6.73. The van der Waals surface area contributed by atoms with E-state index in [-0.39, 0.29) is 52.9 Å². The molecule has 9 heteroatoms. The summed E-state index contributed by atoms with van der Waals surface area (Å²) in [7, 11) is 0. The largest absolute Gasteiger partial charge is 0.488 e. The number of carbonyl (C=O) groups is 1. The monoisotopic (exact) mass is 444 g/mol. The molecule has 0 saturated heterocycles. The van der Waals surface area contributed by atoms with Crippen LogP contribution in [0.1, 0.15) is 30.9 Å². The Balaban J connectivity index is 2.08. The first-order chi connectivity index (χ1) is 15.3. The van der Waals surface area contributed by atoms with Crippen LogP contribution < -0.4 is 10.5 Å². The first-order valence-electron chi connectivity index (χ1n) is 9.58. The van der Waals surface area contributed by atoms with Gasteiger partial charge in [-0.05, 0) is 32.0 Å². The van der Waals surface area contributed by atoms with E-state index >= 15 is 0 Å². The molecule has 0 saturated carbocycles. The molecule has 3 rings (SSSR count). The van der Waals surface area contributed by atoms with Gasteiger partial charge in [0.15, 0.2) is 0 Å². The van der Waals surface area contributed by atoms with Crippen LogP contribution in [0.4, 0.5) is 13.2 Å². The van der Waals surface area contributed by atoms with Gasteiger partial charge in [0, 0.05) is 23.3 Å². The van der Waals surface area contributed by atoms with E-state index in [1.807, 2.05) is 6.07 Å². The van der Waals surface area contributed by atoms with E-state index in [9.17, 15) is 23.2 Å². The van der Waals surface area contributed by atoms with Crippen LogP contribution in [0, 0.1) is 28.8 Å². The summed E-state index contributed by atoms with van der Waals surface area (Å²) < 4.78 is 57.3. The molecule has 0 fully saturated rings. The molecule has 1 aliphatic heterocycles. The normalized spacial score (nSPS) is 15.8. The number of benzene rings is 2. The van der Waals surface area contributed by atoms with Gasteiger partial charge in [-0.2, -0.15) is 5.26 Å². The minimum Gasteiger partial charge on any atom is -0.488 e. The van der Waals surface area contributed by atoms with Gasteiger partial charge in [-0.25, -0.2) is 18.0 Å². The Bertz CT molecular complexity index is 1170. The quantitative estimate of drug-likeness (QED) is 0.667. The minimum atomic E-state index is -1.07. The summed E-state index contributed by atoms with van der Waals surface area (Å²) in [6.07, 6.45) is 0. The molecule has 1 heterocycles. The number of rotatable bonds is 6. The molecule has 2 aromatic carbocycles. The van der Waals surface area contributed by atoms with Crippen molar-refractivity contribution < 1.29 is 32.2 Å². The third-order valence-electron chi connectivity index (χ3n) is 4.79. The van der Waals surface area contributed by atoms with Crippen molar-refractivity contribution in [3.63, 3.8) is 0 Å². The molecule has 1 unspecified atom stereocenters. The molecule has 0 amide bonds. The molecular formula is C23H19F3N2O4. The molecule has 0 aromatic heterocycles. The van der Waals surface area contributed by atoms with Crippen LogP contribution >= 0.6 is 0 Å². The number of allylic oxidation sites excluding steroid dienone is 2. The standard InChI is InChI=1S/C23H19F3N2O4/c1-3-30-23(29)20-12(2)32-22(28)17(10-27)21(20)16-7-6-15(25)9-19(16)31-11-13-4-5-14(24)8-18(13)26/h4-9,21H,3,11,28H2,1-2H3. The highest BCUT2D eigenvalue weighted by atomic mass is 19.1. The Morgan fingerprint density at radius 3 is 2.53 bits per heavy atom. The van der Waals surface area contributed by atoms with Gasteiger partial charge in [0.1, 0.15) is 47.2 Å². The first kappa shape index (κ1) is 22.7. The van der Waals surface area contributed by atoms with Gasteiger partial charge >= 0.3 is 5.97 Å². The Labute approximate surface area is 182 Å². The number of ether oxygens (including phenoxy) is 3. The molecule has 0 bridgehead atoms. The van der Waals surface area contributed by atoms with Crippen molar-refractivity contribution in [1.82, 2.24) is 0 Å². The lowest BCUT2D eigenvalue weighted by Crippen LogP contribution is -2.26. The van der Waals surface area contributed by atoms with Gasteiger partial charge in [-0.15, -0.1) is 0 Å². The van der Waals surface area contributed by atoms with Crippen LogP contribution in [0.5, 0.6) is 5.75 Å². The van der Waals surface area contributed by atoms with E-state index in [1.165, 1.54) is 19.1 Å². The fourth-order valence-corrected chi connectivity index (χ4v) is 3.33. The topological polar surface area (TPSA) is 94.6 Å². The van der Waals surface area contributed by atoms with Crippen LogP contribution in [-0.2, 0) is 20.9 Å². The summed E-state index contributed by atoms with van der Waals surface area (Å²) in [5, 5.41) is 9.68. The number of hydrogen-bond acceptors (Lipinski definition) is 6. The highest BCUT2D eigenvalue weighted by molar-refractivity contribution is 5.92. The van der Waals surface area contributed by atoms with Gasteiger partial charge in [-0.1, -0.05) is 6.07 Å². The lowest BCUT2D eigenvalue weighted by Gasteiger charge is -2.28. The second-order valence-corrected chi connectivity index (χ2v) is 6.82. The highest BCUT2D eigenvalue weighted by Gasteiger charge is 2.38. The third-order valence-corrected chi connectivity index (χ3v) is 4.79. The molecule has 32 heavy (non-hydrogen) atoms. The van der Waals surface area contributed by atoms with E-state index in [2.05, 4.69) is 0 Å². The number of nitrogens with zero attached hydrogens (tertiary/aromatic N) is 1. The SMILES string of the molecule is CCOC(=O)C1=C(C)OC(N)=C(C#N)C1c1ccc(F)cc1OCc1ccc(F)cc1F. The van der Waals surface area contributed by atoms with Gasteiger partial charge in [0.2, 0.25) is 5.88 Å². The van der Waals surface area contributed by atoms with E-state index in [4.69, 9.17) is 19.9 Å². The summed E-state index contributed by atoms with van der Waals surface area (Å²) in [5.41, 5.74) is 6.03. The predicted molar refractivity (Wildman–Crippen MR) is 107 cm³/mol. The Morgan fingerprint density at radius 1 is 1.19 bits per heavy atom. The van der Waals surface area contributed by atoms with Gasteiger partial charge < -0.3 is 19.9 Å². The van der Waals surface area contributed by atoms with Crippen LogP contribution in [0.3, 0.4) is 0 Å². The molecule has 0 radical (unpaired) electrons. The molecule has 1 atom stereocenters. The molecule has 2 aromatic rings. The van der Waals surface area contributed by atoms with E-state index in [0.717, 1.165) is 18.2 Å². The van der Waals surface area contributed by atoms with Crippen molar-refractivity contribution in [1.29, 1.82) is 5.26 Å². The summed E-state index contributed by atoms with van der Waals surface area (Å²) in [6, 6.07) is 8.38. The number of nitriles is 1. The van der Waals surface area contributed by atoms with Crippen LogP contribution in [0.15, 0.2) is 59.2 Å². The number of nitrogens with two attached hydrogens (primary N) is 1. The first-order valence-corrected chi connectivity index (χ1v) is 9.58. The van der Waals surface area contributed by atoms with Crippen molar-refractivity contribution in [3.05, 3.63) is 87.8 Å². The van der Waals surface area contributed by atoms with Crippen molar-refractivity contribution >= 4 is 5.97 Å². The molecule has 0 aliphatic carbocycles. The predicted octanol–water partition coefficient (Wildman–Crippen LogP) is 4.33. The number of hydrogen-bond donors (Lipinski definition) is 1. The van der Waals surface area contributed by atoms with Crippen molar-refractivity contribution in [2.24, 2.45) is 5.73 Å².